The van der Waals surface area contributed by atoms with Gasteiger partial charge in [-0.3, -0.25) is 0 Å². The van der Waals surface area contributed by atoms with Gasteiger partial charge < -0.3 is 10.4 Å². The second-order valence-electron chi connectivity index (χ2n) is 3.39. The fraction of sp³-hybridized carbons (Fsp3) is 0.700. The first-order valence-electron chi connectivity index (χ1n) is 5.04. The molecular weight excluding hydrogens is 196 g/mol. The van der Waals surface area contributed by atoms with Gasteiger partial charge in [-0.2, -0.15) is 0 Å². The molecular formula is C10H18N2OS. The highest BCUT2D eigenvalue weighted by Crippen LogP contribution is 2.12. The lowest BCUT2D eigenvalue weighted by Gasteiger charge is -2.04. The van der Waals surface area contributed by atoms with E-state index in [9.17, 15) is 0 Å². The first kappa shape index (κ1) is 11.6. The van der Waals surface area contributed by atoms with Crippen molar-refractivity contribution in [3.63, 3.8) is 0 Å². The maximum atomic E-state index is 9.04. The zero-order valence-corrected chi connectivity index (χ0v) is 9.60. The van der Waals surface area contributed by atoms with Gasteiger partial charge in [-0.15, -0.1) is 11.3 Å². The number of aliphatic hydroxyl groups excluding tert-OH is 1. The van der Waals surface area contributed by atoms with Gasteiger partial charge in [0.2, 0.25) is 0 Å². The Morgan fingerprint density at radius 2 is 2.43 bits per heavy atom. The molecule has 3 nitrogen and oxygen atoms in total. The van der Waals surface area contributed by atoms with E-state index in [2.05, 4.69) is 17.2 Å². The molecule has 1 atom stereocenters. The van der Waals surface area contributed by atoms with Crippen molar-refractivity contribution in [2.75, 3.05) is 6.54 Å². The van der Waals surface area contributed by atoms with E-state index in [0.29, 0.717) is 0 Å². The van der Waals surface area contributed by atoms with Crippen molar-refractivity contribution in [3.8, 4) is 0 Å². The highest BCUT2D eigenvalue weighted by Gasteiger charge is 2.00. The van der Waals surface area contributed by atoms with Gasteiger partial charge >= 0.3 is 0 Å². The van der Waals surface area contributed by atoms with Gasteiger partial charge in [0.15, 0.2) is 0 Å². The van der Waals surface area contributed by atoms with E-state index < -0.39 is 0 Å². The van der Waals surface area contributed by atoms with Gasteiger partial charge in [0.25, 0.3) is 0 Å². The average Bonchev–Trinajstić information content (AvgIpc) is 2.60. The zero-order valence-electron chi connectivity index (χ0n) is 8.79. The van der Waals surface area contributed by atoms with Crippen LogP contribution in [0.3, 0.4) is 0 Å². The number of nitrogens with one attached hydrogen (secondary N) is 1. The molecule has 2 N–H and O–H groups in total. The van der Waals surface area contributed by atoms with Crippen LogP contribution in [0.1, 0.15) is 30.2 Å². The molecule has 0 bridgehead atoms. The van der Waals surface area contributed by atoms with Crippen LogP contribution in [0.2, 0.25) is 0 Å². The molecule has 4 heteroatoms. The van der Waals surface area contributed by atoms with Crippen LogP contribution in [-0.4, -0.2) is 22.7 Å². The molecule has 0 spiro atoms. The number of thiazole rings is 1. The normalized spacial score (nSPS) is 13.1. The number of hydrogen-bond acceptors (Lipinski definition) is 4. The predicted molar refractivity (Wildman–Crippen MR) is 59.5 cm³/mol. The van der Waals surface area contributed by atoms with Crippen molar-refractivity contribution in [3.05, 3.63) is 16.1 Å². The maximum Gasteiger partial charge on any atom is 0.0925 e. The maximum absolute atomic E-state index is 9.04. The Morgan fingerprint density at radius 3 is 3.00 bits per heavy atom. The number of rotatable bonds is 6. The summed E-state index contributed by atoms with van der Waals surface area (Å²) in [6.07, 6.45) is 3.53. The van der Waals surface area contributed by atoms with Crippen LogP contribution >= 0.6 is 11.3 Å². The van der Waals surface area contributed by atoms with Crippen LogP contribution in [0.15, 0.2) is 6.20 Å². The van der Waals surface area contributed by atoms with E-state index in [-0.39, 0.29) is 6.10 Å². The summed E-state index contributed by atoms with van der Waals surface area (Å²) < 4.78 is 0. The molecule has 0 fully saturated rings. The largest absolute Gasteiger partial charge is 0.393 e. The van der Waals surface area contributed by atoms with Crippen molar-refractivity contribution < 1.29 is 5.11 Å². The molecule has 1 rings (SSSR count). The number of aromatic nitrogens is 1. The third kappa shape index (κ3) is 4.17. The number of nitrogens with zero attached hydrogens (tertiary/aromatic N) is 1. The van der Waals surface area contributed by atoms with Crippen LogP contribution in [0.25, 0.3) is 0 Å². The first-order chi connectivity index (χ1) is 6.72. The highest BCUT2D eigenvalue weighted by atomic mass is 32.1. The van der Waals surface area contributed by atoms with E-state index in [1.807, 2.05) is 13.1 Å². The predicted octanol–water partition coefficient (Wildman–Crippen LogP) is 1.57. The molecule has 80 valence electrons. The van der Waals surface area contributed by atoms with Crippen LogP contribution in [0.4, 0.5) is 0 Å². The van der Waals surface area contributed by atoms with E-state index in [1.54, 1.807) is 11.3 Å². The minimum atomic E-state index is -0.213. The van der Waals surface area contributed by atoms with Gasteiger partial charge in [0.1, 0.15) is 0 Å². The smallest absolute Gasteiger partial charge is 0.0925 e. The van der Waals surface area contributed by atoms with Crippen molar-refractivity contribution in [2.24, 2.45) is 0 Å². The summed E-state index contributed by atoms with van der Waals surface area (Å²) in [6, 6.07) is 0. The van der Waals surface area contributed by atoms with Crippen molar-refractivity contribution in [2.45, 2.75) is 39.3 Å². The summed E-state index contributed by atoms with van der Waals surface area (Å²) >= 11 is 1.76. The van der Waals surface area contributed by atoms with Gasteiger partial charge in [0, 0.05) is 17.6 Å². The standard InChI is InChI=1S/C10H18N2OS/c1-3-10-12-7-9(14-10)6-11-5-4-8(2)13/h7-8,11,13H,3-6H2,1-2H3. The number of aliphatic hydroxyl groups is 1. The summed E-state index contributed by atoms with van der Waals surface area (Å²) in [4.78, 5) is 5.55. The lowest BCUT2D eigenvalue weighted by molar-refractivity contribution is 0.183. The van der Waals surface area contributed by atoms with Gasteiger partial charge in [-0.25, -0.2) is 4.98 Å². The van der Waals surface area contributed by atoms with E-state index in [1.165, 1.54) is 9.88 Å². The molecule has 0 saturated heterocycles. The molecule has 0 aromatic carbocycles. The number of hydrogen-bond donors (Lipinski definition) is 2. The summed E-state index contributed by atoms with van der Waals surface area (Å²) in [5.41, 5.74) is 0. The molecule has 1 heterocycles. The fourth-order valence-electron chi connectivity index (χ4n) is 1.12. The van der Waals surface area contributed by atoms with Gasteiger partial charge in [0.05, 0.1) is 11.1 Å². The molecule has 1 aromatic rings. The summed E-state index contributed by atoms with van der Waals surface area (Å²) in [5, 5.41) is 13.5. The lowest BCUT2D eigenvalue weighted by atomic mass is 10.3. The van der Waals surface area contributed by atoms with Crippen LogP contribution in [0, 0.1) is 0 Å². The monoisotopic (exact) mass is 214 g/mol. The summed E-state index contributed by atoms with van der Waals surface area (Å²) in [5.74, 6) is 0. The second kappa shape index (κ2) is 6.11. The minimum Gasteiger partial charge on any atom is -0.393 e. The van der Waals surface area contributed by atoms with E-state index in [0.717, 1.165) is 25.9 Å². The van der Waals surface area contributed by atoms with E-state index >= 15 is 0 Å². The lowest BCUT2D eigenvalue weighted by Crippen LogP contribution is -2.17. The molecule has 0 saturated carbocycles. The summed E-state index contributed by atoms with van der Waals surface area (Å²) in [7, 11) is 0. The Bertz CT molecular complexity index is 260. The molecule has 1 unspecified atom stereocenters. The van der Waals surface area contributed by atoms with Crippen molar-refractivity contribution >= 4 is 11.3 Å². The second-order valence-corrected chi connectivity index (χ2v) is 4.59. The van der Waals surface area contributed by atoms with Gasteiger partial charge in [-0.05, 0) is 26.3 Å². The summed E-state index contributed by atoms with van der Waals surface area (Å²) in [6.45, 7) is 5.65. The molecule has 14 heavy (non-hydrogen) atoms. The quantitative estimate of drug-likeness (QED) is 0.706. The molecule has 0 aliphatic heterocycles. The molecule has 0 aliphatic rings. The molecule has 0 aliphatic carbocycles. The molecule has 1 aromatic heterocycles. The highest BCUT2D eigenvalue weighted by molar-refractivity contribution is 7.11. The van der Waals surface area contributed by atoms with Crippen molar-refractivity contribution in [1.82, 2.24) is 10.3 Å². The Balaban J connectivity index is 2.18. The minimum absolute atomic E-state index is 0.213. The van der Waals surface area contributed by atoms with Crippen LogP contribution < -0.4 is 5.32 Å². The fourth-order valence-corrected chi connectivity index (χ4v) is 1.95. The van der Waals surface area contributed by atoms with Crippen LogP contribution in [0.5, 0.6) is 0 Å². The van der Waals surface area contributed by atoms with Crippen LogP contribution in [-0.2, 0) is 13.0 Å². The van der Waals surface area contributed by atoms with Crippen molar-refractivity contribution in [1.29, 1.82) is 0 Å². The zero-order chi connectivity index (χ0) is 10.4. The third-order valence-corrected chi connectivity index (χ3v) is 3.08. The SMILES string of the molecule is CCc1ncc(CNCCC(C)O)s1. The Hall–Kier alpha value is -0.450. The Labute approximate surface area is 89.2 Å². The molecule has 0 amide bonds. The van der Waals surface area contributed by atoms with Gasteiger partial charge in [-0.1, -0.05) is 6.92 Å². The molecule has 0 radical (unpaired) electrons. The van der Waals surface area contributed by atoms with E-state index in [4.69, 9.17) is 5.11 Å². The third-order valence-electron chi connectivity index (χ3n) is 1.94. The number of aryl methyl sites for hydroxylation is 1. The average molecular weight is 214 g/mol. The Morgan fingerprint density at radius 1 is 1.64 bits per heavy atom. The first-order valence-corrected chi connectivity index (χ1v) is 5.86. The Kier molecular flexibility index (Phi) is 5.07. The topological polar surface area (TPSA) is 45.2 Å².